The van der Waals surface area contributed by atoms with Crippen molar-refractivity contribution in [3.8, 4) is 0 Å². The van der Waals surface area contributed by atoms with Gasteiger partial charge < -0.3 is 34.6 Å². The van der Waals surface area contributed by atoms with Gasteiger partial charge in [-0.15, -0.1) is 0 Å². The number of fused-ring (bicyclic) bond motifs is 2. The molecule has 6 aliphatic rings. The van der Waals surface area contributed by atoms with E-state index in [0.717, 1.165) is 44.7 Å². The van der Waals surface area contributed by atoms with E-state index < -0.39 is 29.2 Å². The first-order valence-electron chi connectivity index (χ1n) is 23.1. The number of rotatable bonds is 6. The summed E-state index contributed by atoms with van der Waals surface area (Å²) in [6.45, 7) is 16.4. The molecule has 4 aliphatic heterocycles. The van der Waals surface area contributed by atoms with Crippen molar-refractivity contribution in [2.24, 2.45) is 23.7 Å². The van der Waals surface area contributed by atoms with Gasteiger partial charge in [-0.1, -0.05) is 19.6 Å². The van der Waals surface area contributed by atoms with E-state index in [2.05, 4.69) is 29.6 Å². The van der Waals surface area contributed by atoms with Crippen LogP contribution in [0.3, 0.4) is 0 Å². The van der Waals surface area contributed by atoms with Gasteiger partial charge in [0.05, 0.1) is 11.8 Å². The van der Waals surface area contributed by atoms with Crippen molar-refractivity contribution in [1.29, 1.82) is 0 Å². The highest BCUT2D eigenvalue weighted by Gasteiger charge is 2.41. The van der Waals surface area contributed by atoms with Crippen LogP contribution in [-0.2, 0) is 57.6 Å². The van der Waals surface area contributed by atoms with Gasteiger partial charge in [-0.25, -0.2) is 9.59 Å². The number of nitrogens with one attached hydrogen (secondary N) is 1. The van der Waals surface area contributed by atoms with Gasteiger partial charge >= 0.3 is 18.2 Å². The molecule has 6 heterocycles. The third-order valence-electron chi connectivity index (χ3n) is 12.6. The zero-order valence-corrected chi connectivity index (χ0v) is 37.8. The highest BCUT2D eigenvalue weighted by atomic mass is 16.6. The first-order valence-corrected chi connectivity index (χ1v) is 23.1. The first-order chi connectivity index (χ1) is 29.0. The van der Waals surface area contributed by atoms with Crippen LogP contribution in [0.1, 0.15) is 134 Å². The number of aromatic nitrogens is 2. The van der Waals surface area contributed by atoms with Gasteiger partial charge in [0.2, 0.25) is 5.91 Å². The summed E-state index contributed by atoms with van der Waals surface area (Å²) in [5, 5.41) is 12.0. The van der Waals surface area contributed by atoms with Crippen LogP contribution in [-0.4, -0.2) is 117 Å². The molecule has 62 heavy (non-hydrogen) atoms. The van der Waals surface area contributed by atoms with Gasteiger partial charge in [0.1, 0.15) is 11.2 Å². The Morgan fingerprint density at radius 2 is 1.05 bits per heavy atom. The Labute approximate surface area is 371 Å². The first kappa shape index (κ1) is 48.8. The molecule has 2 aromatic rings. The van der Waals surface area contributed by atoms with E-state index in [1.54, 1.807) is 25.7 Å². The van der Waals surface area contributed by atoms with Crippen molar-refractivity contribution >= 4 is 24.1 Å². The van der Waals surface area contributed by atoms with Crippen LogP contribution < -0.4 is 5.32 Å². The molecule has 13 nitrogen and oxygen atoms in total. The molecular weight excluding hydrogens is 785 g/mol. The van der Waals surface area contributed by atoms with Crippen molar-refractivity contribution in [3.05, 3.63) is 58.2 Å². The van der Waals surface area contributed by atoms with Gasteiger partial charge in [0.25, 0.3) is 0 Å². The number of pyridine rings is 2. The molecule has 344 valence electrons. The van der Waals surface area contributed by atoms with Crippen molar-refractivity contribution in [2.75, 3.05) is 52.4 Å². The third kappa shape index (κ3) is 14.4. The highest BCUT2D eigenvalue weighted by Crippen LogP contribution is 2.28. The Kier molecular flexibility index (Phi) is 17.2. The normalized spacial score (nSPS) is 19.7. The summed E-state index contributed by atoms with van der Waals surface area (Å²) in [6.07, 6.45) is 16.1. The van der Waals surface area contributed by atoms with E-state index in [1.165, 1.54) is 116 Å². The second kappa shape index (κ2) is 21.9. The zero-order chi connectivity index (χ0) is 43.7. The number of likely N-dealkylation sites (tertiary alicyclic amines) is 3. The summed E-state index contributed by atoms with van der Waals surface area (Å²) < 4.78 is 10.4. The summed E-state index contributed by atoms with van der Waals surface area (Å²) in [7, 11) is 0. The van der Waals surface area contributed by atoms with Gasteiger partial charge in [-0.3, -0.25) is 19.6 Å². The fourth-order valence-electron chi connectivity index (χ4n) is 9.00. The number of aryl methyl sites for hydroxylation is 4. The number of ether oxygens (including phenoxy) is 2. The second-order valence-electron chi connectivity index (χ2n) is 20.1. The Hall–Kier alpha value is -4.26. The Bertz CT molecular complexity index is 1810. The molecule has 2 aliphatic carbocycles. The van der Waals surface area contributed by atoms with Gasteiger partial charge in [-0.05, 0) is 180 Å². The van der Waals surface area contributed by atoms with Crippen molar-refractivity contribution in [2.45, 2.75) is 150 Å². The molecule has 0 atom stereocenters. The van der Waals surface area contributed by atoms with Crippen LogP contribution in [0.2, 0.25) is 0 Å². The molecule has 0 unspecified atom stereocenters. The number of carboxylic acid groups (broad SMARTS) is 1. The lowest BCUT2D eigenvalue weighted by Crippen LogP contribution is -2.58. The fraction of sp³-hybridized carbons (Fsp3) is 0.714. The maximum atomic E-state index is 12.8. The van der Waals surface area contributed by atoms with E-state index in [4.69, 9.17) is 24.5 Å². The summed E-state index contributed by atoms with van der Waals surface area (Å²) in [5.74, 6) is 0.289. The van der Waals surface area contributed by atoms with Crippen LogP contribution in [0.4, 0.5) is 9.59 Å². The van der Waals surface area contributed by atoms with Crippen LogP contribution in [0.5, 0.6) is 0 Å². The molecule has 3 amide bonds. The summed E-state index contributed by atoms with van der Waals surface area (Å²) in [5.41, 5.74) is 7.17. The van der Waals surface area contributed by atoms with Crippen molar-refractivity contribution < 1.29 is 33.8 Å². The van der Waals surface area contributed by atoms with Gasteiger partial charge in [0, 0.05) is 62.0 Å². The molecular formula is C49H76N6O7. The quantitative estimate of drug-likeness (QED) is 0.296. The molecule has 8 rings (SSSR count). The molecule has 2 N–H and O–H groups in total. The zero-order valence-electron chi connectivity index (χ0n) is 37.8. The number of nitrogens with zero attached hydrogens (tertiary/aromatic N) is 5. The second-order valence-corrected chi connectivity index (χ2v) is 20.1. The predicted molar refractivity (Wildman–Crippen MR) is 241 cm³/mol. The summed E-state index contributed by atoms with van der Waals surface area (Å²) in [4.78, 5) is 61.5. The fourth-order valence-corrected chi connectivity index (χ4v) is 9.00. The standard InChI is InChI=1S/C24H35N3O3.C15H22N2.C9H15NO4.CH4/c1-24(2,3)30-23(29)27-15-19(16-27)22(28)26-12-10-17(11-13-26)14-20-9-8-18-6-4-5-7-21(18)25-20;1-2-4-15-13(3-1)5-6-14(17-15)11-12-7-9-16-10-8-12;1-9(2,3)14-8(13)10-4-6(5-10)7(11)12;/h8-9,17,19H,4-7,10-16H2,1-3H3;5-6,12,16H,1-4,7-11H2;6H,4-5H2,1-3H3,(H,11,12);1H4. The minimum absolute atomic E-state index is 0. The average molecular weight is 861 g/mol. The maximum absolute atomic E-state index is 12.8. The van der Waals surface area contributed by atoms with Gasteiger partial charge in [0.15, 0.2) is 0 Å². The summed E-state index contributed by atoms with van der Waals surface area (Å²) in [6, 6.07) is 9.09. The van der Waals surface area contributed by atoms with E-state index >= 15 is 0 Å². The number of aliphatic carboxylic acids is 1. The Morgan fingerprint density at radius 1 is 0.629 bits per heavy atom. The third-order valence-corrected chi connectivity index (χ3v) is 12.6. The molecule has 0 bridgehead atoms. The number of hydrogen-bond acceptors (Lipinski definition) is 9. The lowest BCUT2D eigenvalue weighted by atomic mass is 9.89. The van der Waals surface area contributed by atoms with Crippen molar-refractivity contribution in [3.63, 3.8) is 0 Å². The number of hydrogen-bond donors (Lipinski definition) is 2. The molecule has 0 spiro atoms. The van der Waals surface area contributed by atoms with Crippen molar-refractivity contribution in [1.82, 2.24) is 30.0 Å². The molecule has 4 fully saturated rings. The van der Waals surface area contributed by atoms with E-state index in [0.29, 0.717) is 19.0 Å². The number of carboxylic acids is 1. The van der Waals surface area contributed by atoms with E-state index in [-0.39, 0.29) is 38.4 Å². The Morgan fingerprint density at radius 3 is 1.48 bits per heavy atom. The van der Waals surface area contributed by atoms with Gasteiger partial charge in [-0.2, -0.15) is 0 Å². The monoisotopic (exact) mass is 861 g/mol. The lowest BCUT2D eigenvalue weighted by molar-refractivity contribution is -0.147. The minimum atomic E-state index is -0.857. The van der Waals surface area contributed by atoms with Crippen LogP contribution in [0, 0.1) is 23.7 Å². The smallest absolute Gasteiger partial charge is 0.410 e. The summed E-state index contributed by atoms with van der Waals surface area (Å²) >= 11 is 0. The molecule has 4 saturated heterocycles. The number of carbonyl (C=O) groups excluding carboxylic acids is 3. The van der Waals surface area contributed by atoms with Crippen LogP contribution in [0.15, 0.2) is 24.3 Å². The minimum Gasteiger partial charge on any atom is -0.481 e. The molecule has 13 heteroatoms. The number of piperidine rings is 2. The SMILES string of the molecule is C.CC(C)(C)OC(=O)N1CC(C(=O)N2CCC(Cc3ccc4c(n3)CCCC4)CC2)C1.CC(C)(C)OC(=O)N1CC(C(=O)O)C1.c1cc2c(nc1CC1CCNCC1)CCCC2. The lowest BCUT2D eigenvalue weighted by Gasteiger charge is -2.42. The maximum Gasteiger partial charge on any atom is 0.410 e. The Balaban J connectivity index is 0.000000192. The highest BCUT2D eigenvalue weighted by molar-refractivity contribution is 5.83. The topological polar surface area (TPSA) is 154 Å². The van der Waals surface area contributed by atoms with Crippen LogP contribution in [0.25, 0.3) is 0 Å². The molecule has 0 radical (unpaired) electrons. The largest absolute Gasteiger partial charge is 0.481 e. The number of amides is 3. The molecule has 0 aromatic carbocycles. The molecule has 0 saturated carbocycles. The number of carbonyl (C=O) groups is 4. The predicted octanol–water partition coefficient (Wildman–Crippen LogP) is 7.68. The van der Waals surface area contributed by atoms with Crippen LogP contribution >= 0.6 is 0 Å². The van der Waals surface area contributed by atoms with E-state index in [1.807, 2.05) is 25.7 Å². The average Bonchev–Trinajstić information content (AvgIpc) is 3.16. The molecule has 2 aromatic heterocycles. The van der Waals surface area contributed by atoms with E-state index in [9.17, 15) is 19.2 Å².